The highest BCUT2D eigenvalue weighted by molar-refractivity contribution is 6.31. The summed E-state index contributed by atoms with van der Waals surface area (Å²) in [5.74, 6) is 0. The van der Waals surface area contributed by atoms with Gasteiger partial charge < -0.3 is 10.2 Å². The van der Waals surface area contributed by atoms with Crippen LogP contribution in [0.3, 0.4) is 0 Å². The van der Waals surface area contributed by atoms with Crippen LogP contribution in [0.15, 0.2) is 42.5 Å². The monoisotopic (exact) mass is 298 g/mol. The Morgan fingerprint density at radius 1 is 1.05 bits per heavy atom. The maximum absolute atomic E-state index is 6.47. The average Bonchev–Trinajstić information content (AvgIpc) is 3.23. The molecule has 21 heavy (non-hydrogen) atoms. The largest absolute Gasteiger partial charge is 0.341 e. The van der Waals surface area contributed by atoms with Crippen LogP contribution in [0.25, 0.3) is 0 Å². The Morgan fingerprint density at radius 2 is 1.86 bits per heavy atom. The van der Waals surface area contributed by atoms with Crippen molar-refractivity contribution in [2.75, 3.05) is 11.4 Å². The highest BCUT2D eigenvalue weighted by Gasteiger charge is 2.25. The fraction of sp³-hybridized carbons (Fsp3) is 0.333. The molecule has 2 aliphatic rings. The average molecular weight is 299 g/mol. The van der Waals surface area contributed by atoms with E-state index in [1.165, 1.54) is 35.3 Å². The first-order valence-electron chi connectivity index (χ1n) is 7.69. The summed E-state index contributed by atoms with van der Waals surface area (Å²) in [5, 5.41) is 4.46. The number of rotatable bonds is 4. The second-order valence-electron chi connectivity index (χ2n) is 5.92. The van der Waals surface area contributed by atoms with E-state index in [2.05, 4.69) is 46.6 Å². The van der Waals surface area contributed by atoms with Gasteiger partial charge in [0, 0.05) is 41.1 Å². The number of anilines is 2. The minimum atomic E-state index is 0.694. The number of nitrogens with zero attached hydrogens (tertiary/aromatic N) is 1. The first kappa shape index (κ1) is 13.2. The van der Waals surface area contributed by atoms with Crippen LogP contribution >= 0.6 is 11.6 Å². The fourth-order valence-corrected chi connectivity index (χ4v) is 3.33. The van der Waals surface area contributed by atoms with Gasteiger partial charge in [-0.15, -0.1) is 0 Å². The van der Waals surface area contributed by atoms with E-state index >= 15 is 0 Å². The van der Waals surface area contributed by atoms with Gasteiger partial charge in [0.1, 0.15) is 0 Å². The van der Waals surface area contributed by atoms with Crippen molar-refractivity contribution in [3.05, 3.63) is 58.6 Å². The molecule has 0 aromatic heterocycles. The van der Waals surface area contributed by atoms with Crippen molar-refractivity contribution < 1.29 is 0 Å². The lowest BCUT2D eigenvalue weighted by atomic mass is 10.1. The topological polar surface area (TPSA) is 15.3 Å². The van der Waals surface area contributed by atoms with Gasteiger partial charge in [-0.25, -0.2) is 0 Å². The third-order valence-corrected chi connectivity index (χ3v) is 4.77. The van der Waals surface area contributed by atoms with Gasteiger partial charge in [0.05, 0.1) is 0 Å². The zero-order chi connectivity index (χ0) is 14.2. The zero-order valence-electron chi connectivity index (χ0n) is 12.0. The minimum absolute atomic E-state index is 0.694. The molecule has 1 N–H and O–H groups in total. The molecule has 0 spiro atoms. The van der Waals surface area contributed by atoms with Gasteiger partial charge >= 0.3 is 0 Å². The standard InChI is InChI=1S/C18H19ClN2/c19-16-5-3-7-18(15(16)12-20-14-8-9-14)21-11-10-13-4-1-2-6-17(13)21/h1-7,14,20H,8-12H2. The lowest BCUT2D eigenvalue weighted by Gasteiger charge is -2.24. The third kappa shape index (κ3) is 2.54. The number of para-hydroxylation sites is 1. The van der Waals surface area contributed by atoms with E-state index in [0.29, 0.717) is 6.04 Å². The Labute approximate surface area is 130 Å². The van der Waals surface area contributed by atoms with Gasteiger partial charge in [-0.05, 0) is 43.0 Å². The maximum atomic E-state index is 6.47. The maximum Gasteiger partial charge on any atom is 0.0471 e. The Kier molecular flexibility index (Phi) is 3.36. The third-order valence-electron chi connectivity index (χ3n) is 4.42. The molecule has 1 heterocycles. The Morgan fingerprint density at radius 3 is 2.71 bits per heavy atom. The molecule has 2 aromatic carbocycles. The van der Waals surface area contributed by atoms with Crippen LogP contribution < -0.4 is 10.2 Å². The molecule has 0 amide bonds. The van der Waals surface area contributed by atoms with Crippen LogP contribution in [-0.2, 0) is 13.0 Å². The molecule has 2 aromatic rings. The van der Waals surface area contributed by atoms with Gasteiger partial charge in [0.25, 0.3) is 0 Å². The number of nitrogens with one attached hydrogen (secondary N) is 1. The van der Waals surface area contributed by atoms with E-state index in [0.717, 1.165) is 24.5 Å². The molecule has 108 valence electrons. The van der Waals surface area contributed by atoms with E-state index in [1.54, 1.807) is 0 Å². The molecule has 0 unspecified atom stereocenters. The molecule has 3 heteroatoms. The van der Waals surface area contributed by atoms with Gasteiger partial charge in [-0.3, -0.25) is 0 Å². The molecule has 2 nitrogen and oxygen atoms in total. The normalized spacial score (nSPS) is 17.1. The fourth-order valence-electron chi connectivity index (χ4n) is 3.10. The summed E-state index contributed by atoms with van der Waals surface area (Å²) in [6.45, 7) is 1.90. The summed E-state index contributed by atoms with van der Waals surface area (Å²) < 4.78 is 0. The molecule has 1 saturated carbocycles. The van der Waals surface area contributed by atoms with E-state index < -0.39 is 0 Å². The van der Waals surface area contributed by atoms with Gasteiger partial charge in [0.15, 0.2) is 0 Å². The molecule has 1 fully saturated rings. The quantitative estimate of drug-likeness (QED) is 0.906. The summed E-state index contributed by atoms with van der Waals surface area (Å²) in [5.41, 5.74) is 5.23. The Hall–Kier alpha value is -1.51. The number of halogens is 1. The lowest BCUT2D eigenvalue weighted by molar-refractivity contribution is 0.687. The van der Waals surface area contributed by atoms with Crippen LogP contribution in [0.1, 0.15) is 24.0 Å². The highest BCUT2D eigenvalue weighted by atomic mass is 35.5. The molecule has 0 radical (unpaired) electrons. The predicted octanol–water partition coefficient (Wildman–Crippen LogP) is 4.29. The van der Waals surface area contributed by atoms with Crippen LogP contribution in [-0.4, -0.2) is 12.6 Å². The van der Waals surface area contributed by atoms with Crippen molar-refractivity contribution in [2.24, 2.45) is 0 Å². The van der Waals surface area contributed by atoms with E-state index in [1.807, 2.05) is 6.07 Å². The number of benzene rings is 2. The molecule has 0 bridgehead atoms. The van der Waals surface area contributed by atoms with Gasteiger partial charge in [0.2, 0.25) is 0 Å². The number of fused-ring (bicyclic) bond motifs is 1. The van der Waals surface area contributed by atoms with Gasteiger partial charge in [-0.1, -0.05) is 35.9 Å². The second kappa shape index (κ2) is 5.36. The van der Waals surface area contributed by atoms with Gasteiger partial charge in [-0.2, -0.15) is 0 Å². The van der Waals surface area contributed by atoms with Crippen molar-refractivity contribution in [3.63, 3.8) is 0 Å². The summed E-state index contributed by atoms with van der Waals surface area (Å²) >= 11 is 6.47. The molecular formula is C18H19ClN2. The van der Waals surface area contributed by atoms with Crippen molar-refractivity contribution in [2.45, 2.75) is 31.8 Å². The molecule has 1 aliphatic heterocycles. The number of hydrogen-bond donors (Lipinski definition) is 1. The van der Waals surface area contributed by atoms with E-state index in [4.69, 9.17) is 11.6 Å². The van der Waals surface area contributed by atoms with Crippen molar-refractivity contribution in [1.82, 2.24) is 5.32 Å². The molecule has 4 rings (SSSR count). The SMILES string of the molecule is Clc1cccc(N2CCc3ccccc32)c1CNC1CC1. The first-order valence-corrected chi connectivity index (χ1v) is 8.07. The Balaban J connectivity index is 1.69. The zero-order valence-corrected chi connectivity index (χ0v) is 12.7. The van der Waals surface area contributed by atoms with Crippen molar-refractivity contribution in [1.29, 1.82) is 0 Å². The summed E-state index contributed by atoms with van der Waals surface area (Å²) in [6.07, 6.45) is 3.71. The highest BCUT2D eigenvalue weighted by Crippen LogP contribution is 2.38. The summed E-state index contributed by atoms with van der Waals surface area (Å²) in [6, 6.07) is 15.6. The van der Waals surface area contributed by atoms with Crippen molar-refractivity contribution in [3.8, 4) is 0 Å². The second-order valence-corrected chi connectivity index (χ2v) is 6.33. The number of hydrogen-bond acceptors (Lipinski definition) is 2. The lowest BCUT2D eigenvalue weighted by Crippen LogP contribution is -2.20. The first-order chi connectivity index (χ1) is 10.3. The smallest absolute Gasteiger partial charge is 0.0471 e. The van der Waals surface area contributed by atoms with Crippen LogP contribution in [0, 0.1) is 0 Å². The summed E-state index contributed by atoms with van der Waals surface area (Å²) in [7, 11) is 0. The molecule has 0 atom stereocenters. The van der Waals surface area contributed by atoms with Crippen molar-refractivity contribution >= 4 is 23.0 Å². The molecular weight excluding hydrogens is 280 g/mol. The predicted molar refractivity (Wildman–Crippen MR) is 88.5 cm³/mol. The van der Waals surface area contributed by atoms with E-state index in [-0.39, 0.29) is 0 Å². The minimum Gasteiger partial charge on any atom is -0.341 e. The molecule has 0 saturated heterocycles. The molecule has 1 aliphatic carbocycles. The van der Waals surface area contributed by atoms with Crippen LogP contribution in [0.4, 0.5) is 11.4 Å². The Bertz CT molecular complexity index is 664. The summed E-state index contributed by atoms with van der Waals surface area (Å²) in [4.78, 5) is 2.41. The van der Waals surface area contributed by atoms with E-state index in [9.17, 15) is 0 Å². The van der Waals surface area contributed by atoms with Crippen LogP contribution in [0.5, 0.6) is 0 Å². The van der Waals surface area contributed by atoms with Crippen LogP contribution in [0.2, 0.25) is 5.02 Å².